The van der Waals surface area contributed by atoms with Crippen molar-refractivity contribution in [2.75, 3.05) is 0 Å². The number of benzene rings is 1. The Labute approximate surface area is 118 Å². The van der Waals surface area contributed by atoms with Crippen molar-refractivity contribution in [2.45, 2.75) is 0 Å². The Morgan fingerprint density at radius 3 is 2.67 bits per heavy atom. The third-order valence-electron chi connectivity index (χ3n) is 1.99. The van der Waals surface area contributed by atoms with Crippen molar-refractivity contribution in [1.29, 1.82) is 0 Å². The van der Waals surface area contributed by atoms with E-state index in [-0.39, 0.29) is 16.5 Å². The van der Waals surface area contributed by atoms with Gasteiger partial charge in [-0.15, -0.1) is 0 Å². The van der Waals surface area contributed by atoms with E-state index in [1.165, 1.54) is 24.4 Å². The van der Waals surface area contributed by atoms with E-state index < -0.39 is 5.97 Å². The number of hydrogen-bond acceptors (Lipinski definition) is 3. The predicted octanol–water partition coefficient (Wildman–Crippen LogP) is 4.06. The molecule has 1 heterocycles. The zero-order valence-corrected chi connectivity index (χ0v) is 11.1. The third kappa shape index (κ3) is 3.13. The first-order valence-electron chi connectivity index (χ1n) is 4.77. The molecule has 1 aromatic heterocycles. The van der Waals surface area contributed by atoms with Crippen LogP contribution in [0.25, 0.3) is 0 Å². The van der Waals surface area contributed by atoms with Gasteiger partial charge in [-0.25, -0.2) is 9.78 Å². The lowest BCUT2D eigenvalue weighted by molar-refractivity contribution is 0.0727. The van der Waals surface area contributed by atoms with Gasteiger partial charge in [-0.2, -0.15) is 0 Å². The summed E-state index contributed by atoms with van der Waals surface area (Å²) in [4.78, 5) is 15.6. The van der Waals surface area contributed by atoms with Crippen molar-refractivity contribution >= 4 is 40.8 Å². The standard InChI is InChI=1S/C12H5Cl3NO2/c13-7-1-3-9(10(15)5-7)12(17)18-11-4-2-8(14)6-16-11/h1,3-6H. The number of pyridine rings is 1. The molecule has 0 amide bonds. The van der Waals surface area contributed by atoms with Crippen LogP contribution in [0.1, 0.15) is 10.4 Å². The van der Waals surface area contributed by atoms with Crippen molar-refractivity contribution in [3.8, 4) is 5.88 Å². The van der Waals surface area contributed by atoms with Crippen molar-refractivity contribution in [3.05, 3.63) is 57.2 Å². The smallest absolute Gasteiger partial charge is 0.346 e. The molecule has 0 saturated carbocycles. The molecule has 1 aromatic carbocycles. The van der Waals surface area contributed by atoms with E-state index in [0.29, 0.717) is 10.0 Å². The van der Waals surface area contributed by atoms with Gasteiger partial charge in [0.15, 0.2) is 0 Å². The first-order valence-corrected chi connectivity index (χ1v) is 5.90. The van der Waals surface area contributed by atoms with Crippen molar-refractivity contribution in [3.63, 3.8) is 0 Å². The average molecular weight is 302 g/mol. The maximum Gasteiger partial charge on any atom is 0.346 e. The van der Waals surface area contributed by atoms with Crippen LogP contribution in [0.2, 0.25) is 15.1 Å². The summed E-state index contributed by atoms with van der Waals surface area (Å²) in [6, 6.07) is 8.50. The van der Waals surface area contributed by atoms with Gasteiger partial charge in [0.2, 0.25) is 5.88 Å². The minimum atomic E-state index is -0.625. The normalized spacial score (nSPS) is 10.2. The van der Waals surface area contributed by atoms with Gasteiger partial charge in [-0.1, -0.05) is 34.8 Å². The van der Waals surface area contributed by atoms with Crippen LogP contribution in [0.5, 0.6) is 5.88 Å². The summed E-state index contributed by atoms with van der Waals surface area (Å²) in [5.41, 5.74) is 0.206. The minimum absolute atomic E-state index is 0.0930. The number of carbonyl (C=O) groups is 1. The molecule has 0 aliphatic heterocycles. The van der Waals surface area contributed by atoms with Gasteiger partial charge in [0.1, 0.15) is 0 Å². The highest BCUT2D eigenvalue weighted by atomic mass is 35.5. The Balaban J connectivity index is 2.19. The Bertz CT molecular complexity index is 584. The van der Waals surface area contributed by atoms with Crippen LogP contribution in [0.4, 0.5) is 0 Å². The highest BCUT2D eigenvalue weighted by Crippen LogP contribution is 2.22. The maximum atomic E-state index is 11.8. The zero-order chi connectivity index (χ0) is 13.1. The fraction of sp³-hybridized carbons (Fsp3) is 0. The molecule has 0 atom stereocenters. The summed E-state index contributed by atoms with van der Waals surface area (Å²) in [5, 5.41) is 0.985. The molecule has 0 N–H and O–H groups in total. The second-order valence-corrected chi connectivity index (χ2v) is 4.50. The Hall–Kier alpha value is -1.29. The fourth-order valence-corrected chi connectivity index (χ4v) is 1.78. The van der Waals surface area contributed by atoms with Gasteiger partial charge >= 0.3 is 5.97 Å². The first-order chi connectivity index (χ1) is 8.56. The Morgan fingerprint density at radius 1 is 1.28 bits per heavy atom. The lowest BCUT2D eigenvalue weighted by Crippen LogP contribution is -2.09. The van der Waals surface area contributed by atoms with E-state index in [1.54, 1.807) is 6.07 Å². The highest BCUT2D eigenvalue weighted by molar-refractivity contribution is 6.36. The summed E-state index contributed by atoms with van der Waals surface area (Å²) in [6.45, 7) is 0. The molecule has 2 aromatic rings. The molecule has 18 heavy (non-hydrogen) atoms. The molecule has 0 fully saturated rings. The first kappa shape index (κ1) is 13.1. The van der Waals surface area contributed by atoms with E-state index in [2.05, 4.69) is 11.1 Å². The number of carbonyl (C=O) groups excluding carboxylic acids is 1. The molecule has 3 nitrogen and oxygen atoms in total. The van der Waals surface area contributed by atoms with Crippen LogP contribution in [0.15, 0.2) is 30.5 Å². The largest absolute Gasteiger partial charge is 0.404 e. The molecule has 0 bridgehead atoms. The SMILES string of the molecule is O=C(Oc1c[c]c(Cl)cn1)c1ccc(Cl)cc1Cl. The number of rotatable bonds is 2. The van der Waals surface area contributed by atoms with E-state index >= 15 is 0 Å². The topological polar surface area (TPSA) is 39.2 Å². The molecule has 0 spiro atoms. The summed E-state index contributed by atoms with van der Waals surface area (Å²) in [5.74, 6) is -0.532. The second kappa shape index (κ2) is 5.57. The molecule has 2 rings (SSSR count). The number of nitrogens with zero attached hydrogens (tertiary/aromatic N) is 1. The van der Waals surface area contributed by atoms with Gasteiger partial charge in [-0.3, -0.25) is 0 Å². The van der Waals surface area contributed by atoms with Gasteiger partial charge < -0.3 is 4.74 Å². The lowest BCUT2D eigenvalue weighted by atomic mass is 10.2. The van der Waals surface area contributed by atoms with Gasteiger partial charge in [0.25, 0.3) is 0 Å². The quantitative estimate of drug-likeness (QED) is 0.785. The summed E-state index contributed by atoms with van der Waals surface area (Å²) in [6.07, 6.45) is 1.33. The van der Waals surface area contributed by atoms with Crippen molar-refractivity contribution in [1.82, 2.24) is 4.98 Å². The highest BCUT2D eigenvalue weighted by Gasteiger charge is 2.13. The van der Waals surface area contributed by atoms with Crippen LogP contribution in [-0.4, -0.2) is 11.0 Å². The third-order valence-corrected chi connectivity index (χ3v) is 2.74. The minimum Gasteiger partial charge on any atom is -0.404 e. The second-order valence-electron chi connectivity index (χ2n) is 3.25. The summed E-state index contributed by atoms with van der Waals surface area (Å²) in [7, 11) is 0. The van der Waals surface area contributed by atoms with Gasteiger partial charge in [-0.05, 0) is 18.2 Å². The maximum absolute atomic E-state index is 11.8. The Kier molecular flexibility index (Phi) is 4.07. The van der Waals surface area contributed by atoms with Crippen molar-refractivity contribution in [2.24, 2.45) is 0 Å². The van der Waals surface area contributed by atoms with Crippen LogP contribution >= 0.6 is 34.8 Å². The van der Waals surface area contributed by atoms with Crippen molar-refractivity contribution < 1.29 is 9.53 Å². The van der Waals surface area contributed by atoms with E-state index in [9.17, 15) is 4.79 Å². The number of aromatic nitrogens is 1. The number of ether oxygens (including phenoxy) is 1. The van der Waals surface area contributed by atoms with Crippen LogP contribution < -0.4 is 4.74 Å². The number of hydrogen-bond donors (Lipinski definition) is 0. The molecular weight excluding hydrogens is 296 g/mol. The lowest BCUT2D eigenvalue weighted by Gasteiger charge is -2.05. The van der Waals surface area contributed by atoms with Crippen LogP contribution in [-0.2, 0) is 0 Å². The molecule has 0 unspecified atom stereocenters. The fourth-order valence-electron chi connectivity index (χ4n) is 1.19. The van der Waals surface area contributed by atoms with E-state index in [1.807, 2.05) is 0 Å². The predicted molar refractivity (Wildman–Crippen MR) is 69.5 cm³/mol. The van der Waals surface area contributed by atoms with Gasteiger partial charge in [0.05, 0.1) is 21.8 Å². The number of halogens is 3. The summed E-state index contributed by atoms with van der Waals surface area (Å²) < 4.78 is 5.01. The van der Waals surface area contributed by atoms with Crippen LogP contribution in [0, 0.1) is 6.07 Å². The molecule has 1 radical (unpaired) electrons. The number of esters is 1. The molecular formula is C12H5Cl3NO2. The van der Waals surface area contributed by atoms with Gasteiger partial charge in [0, 0.05) is 17.2 Å². The van der Waals surface area contributed by atoms with E-state index in [4.69, 9.17) is 39.5 Å². The van der Waals surface area contributed by atoms with Crippen LogP contribution in [0.3, 0.4) is 0 Å². The zero-order valence-electron chi connectivity index (χ0n) is 8.78. The summed E-state index contributed by atoms with van der Waals surface area (Å²) >= 11 is 17.2. The monoisotopic (exact) mass is 300 g/mol. The average Bonchev–Trinajstić information content (AvgIpc) is 2.32. The molecule has 0 aliphatic rings. The Morgan fingerprint density at radius 2 is 2.06 bits per heavy atom. The molecule has 0 saturated heterocycles. The molecule has 6 heteroatoms. The molecule has 0 aliphatic carbocycles. The molecule has 91 valence electrons. The van der Waals surface area contributed by atoms with E-state index in [0.717, 1.165) is 0 Å².